The van der Waals surface area contributed by atoms with E-state index in [-0.39, 0.29) is 0 Å². The molecule has 1 rings (SSSR count). The van der Waals surface area contributed by atoms with Crippen molar-refractivity contribution < 1.29 is 15.0 Å². The number of azide groups is 1. The molecule has 0 aliphatic carbocycles. The summed E-state index contributed by atoms with van der Waals surface area (Å²) in [6, 6.07) is 7.16. The first-order valence-electron chi connectivity index (χ1n) is 4.17. The van der Waals surface area contributed by atoms with Gasteiger partial charge in [-0.2, -0.15) is 0 Å². The summed E-state index contributed by atoms with van der Waals surface area (Å²) in [5.41, 5.74) is 8.75. The number of aliphatic carboxylic acids is 1. The first-order valence-corrected chi connectivity index (χ1v) is 4.17. The van der Waals surface area contributed by atoms with Crippen molar-refractivity contribution in [1.82, 2.24) is 0 Å². The van der Waals surface area contributed by atoms with Gasteiger partial charge in [0.1, 0.15) is 0 Å². The monoisotopic (exact) mass is 207 g/mol. The van der Waals surface area contributed by atoms with Crippen LogP contribution in [0.4, 0.5) is 0 Å². The molecule has 6 heteroatoms. The first kappa shape index (κ1) is 11.0. The Balaban J connectivity index is 3.03. The lowest BCUT2D eigenvalue weighted by Crippen LogP contribution is -2.26. The van der Waals surface area contributed by atoms with Crippen molar-refractivity contribution in [1.29, 1.82) is 0 Å². The lowest BCUT2D eigenvalue weighted by molar-refractivity contribution is -0.147. The molecule has 0 saturated carbocycles. The van der Waals surface area contributed by atoms with Crippen LogP contribution >= 0.6 is 0 Å². The largest absolute Gasteiger partial charge is 0.479 e. The van der Waals surface area contributed by atoms with Gasteiger partial charge in [0.05, 0.1) is 6.04 Å². The Morgan fingerprint density at radius 1 is 1.40 bits per heavy atom. The smallest absolute Gasteiger partial charge is 0.333 e. The third-order valence-corrected chi connectivity index (χ3v) is 1.87. The Bertz CT molecular complexity index is 387. The summed E-state index contributed by atoms with van der Waals surface area (Å²) in [7, 11) is 0. The van der Waals surface area contributed by atoms with Gasteiger partial charge in [0.2, 0.25) is 0 Å². The van der Waals surface area contributed by atoms with E-state index in [1.165, 1.54) is 0 Å². The number of benzene rings is 1. The molecule has 2 atom stereocenters. The van der Waals surface area contributed by atoms with Crippen molar-refractivity contribution >= 4 is 5.97 Å². The topological polar surface area (TPSA) is 106 Å². The Labute approximate surface area is 85.4 Å². The zero-order valence-corrected chi connectivity index (χ0v) is 7.69. The van der Waals surface area contributed by atoms with Crippen LogP contribution in [0, 0.1) is 0 Å². The fraction of sp³-hybridized carbons (Fsp3) is 0.222. The molecule has 2 N–H and O–H groups in total. The highest BCUT2D eigenvalue weighted by Crippen LogP contribution is 2.21. The number of rotatable bonds is 4. The Kier molecular flexibility index (Phi) is 3.68. The molecule has 0 radical (unpaired) electrons. The molecule has 1 aromatic carbocycles. The number of carboxylic acids is 1. The number of hydrogen-bond donors (Lipinski definition) is 2. The predicted octanol–water partition coefficient (Wildman–Crippen LogP) is 1.48. The second-order valence-electron chi connectivity index (χ2n) is 2.84. The SMILES string of the molecule is [N-]=[N+]=N[C@@H](c1ccccc1)[C@H](O)C(=O)O. The summed E-state index contributed by atoms with van der Waals surface area (Å²) in [5.74, 6) is -1.42. The Hall–Kier alpha value is -2.04. The average Bonchev–Trinajstić information content (AvgIpc) is 2.26. The minimum absolute atomic E-state index is 0.463. The van der Waals surface area contributed by atoms with Crippen LogP contribution in [0.25, 0.3) is 10.4 Å². The van der Waals surface area contributed by atoms with Gasteiger partial charge in [-0.25, -0.2) is 4.79 Å². The van der Waals surface area contributed by atoms with Crippen LogP contribution in [0.5, 0.6) is 0 Å². The number of nitrogens with zero attached hydrogens (tertiary/aromatic N) is 3. The highest BCUT2D eigenvalue weighted by molar-refractivity contribution is 5.73. The average molecular weight is 207 g/mol. The van der Waals surface area contributed by atoms with Crippen molar-refractivity contribution in [2.24, 2.45) is 5.11 Å². The maximum absolute atomic E-state index is 10.6. The summed E-state index contributed by atoms with van der Waals surface area (Å²) in [6.07, 6.45) is -1.73. The molecule has 15 heavy (non-hydrogen) atoms. The molecule has 0 fully saturated rings. The van der Waals surface area contributed by atoms with Crippen LogP contribution < -0.4 is 0 Å². The molecular weight excluding hydrogens is 198 g/mol. The van der Waals surface area contributed by atoms with Gasteiger partial charge in [-0.3, -0.25) is 0 Å². The van der Waals surface area contributed by atoms with Crippen LogP contribution in [0.3, 0.4) is 0 Å². The van der Waals surface area contributed by atoms with Crippen molar-refractivity contribution in [3.63, 3.8) is 0 Å². The lowest BCUT2D eigenvalue weighted by atomic mass is 10.0. The van der Waals surface area contributed by atoms with Crippen LogP contribution in [-0.2, 0) is 4.79 Å². The van der Waals surface area contributed by atoms with E-state index in [0.29, 0.717) is 5.56 Å². The maximum Gasteiger partial charge on any atom is 0.333 e. The minimum Gasteiger partial charge on any atom is -0.479 e. The number of aliphatic hydroxyl groups excluding tert-OH is 1. The zero-order valence-electron chi connectivity index (χ0n) is 7.69. The minimum atomic E-state index is -1.73. The Morgan fingerprint density at radius 2 is 2.00 bits per heavy atom. The van der Waals surface area contributed by atoms with Crippen LogP contribution in [0.2, 0.25) is 0 Å². The van der Waals surface area contributed by atoms with E-state index >= 15 is 0 Å². The molecule has 0 aliphatic heterocycles. The lowest BCUT2D eigenvalue weighted by Gasteiger charge is -2.14. The quantitative estimate of drug-likeness (QED) is 0.443. The third kappa shape index (κ3) is 2.70. The molecule has 0 unspecified atom stereocenters. The van der Waals surface area contributed by atoms with Crippen molar-refractivity contribution in [3.05, 3.63) is 46.3 Å². The second kappa shape index (κ2) is 4.99. The van der Waals surface area contributed by atoms with E-state index in [2.05, 4.69) is 10.0 Å². The van der Waals surface area contributed by atoms with E-state index in [1.54, 1.807) is 30.3 Å². The number of carbonyl (C=O) groups is 1. The molecule has 78 valence electrons. The maximum atomic E-state index is 10.6. The summed E-state index contributed by atoms with van der Waals surface area (Å²) >= 11 is 0. The van der Waals surface area contributed by atoms with E-state index in [9.17, 15) is 9.90 Å². The number of aliphatic hydroxyl groups is 1. The molecule has 6 nitrogen and oxygen atoms in total. The van der Waals surface area contributed by atoms with E-state index in [4.69, 9.17) is 10.6 Å². The van der Waals surface area contributed by atoms with Crippen LogP contribution in [0.1, 0.15) is 11.6 Å². The number of carboxylic acid groups (broad SMARTS) is 1. The summed E-state index contributed by atoms with van der Waals surface area (Å²) < 4.78 is 0. The molecule has 0 saturated heterocycles. The first-order chi connectivity index (χ1) is 7.16. The molecule has 0 heterocycles. The summed E-state index contributed by atoms with van der Waals surface area (Å²) in [4.78, 5) is 13.1. The van der Waals surface area contributed by atoms with E-state index < -0.39 is 18.1 Å². The normalized spacial score (nSPS) is 13.7. The molecule has 1 aromatic rings. The molecule has 0 aromatic heterocycles. The number of hydrogen-bond acceptors (Lipinski definition) is 3. The Morgan fingerprint density at radius 3 is 2.47 bits per heavy atom. The van der Waals surface area contributed by atoms with Gasteiger partial charge in [-0.05, 0) is 11.1 Å². The van der Waals surface area contributed by atoms with Gasteiger partial charge >= 0.3 is 5.97 Å². The fourth-order valence-corrected chi connectivity index (χ4v) is 1.15. The van der Waals surface area contributed by atoms with Gasteiger partial charge in [0, 0.05) is 4.91 Å². The highest BCUT2D eigenvalue weighted by Gasteiger charge is 2.25. The van der Waals surface area contributed by atoms with Crippen LogP contribution in [-0.4, -0.2) is 22.3 Å². The van der Waals surface area contributed by atoms with E-state index in [1.807, 2.05) is 0 Å². The standard InChI is InChI=1S/C9H9N3O3/c10-12-11-7(8(13)9(14)15)6-4-2-1-3-5-6/h1-5,7-8,13H,(H,14,15)/t7-,8-/m0/s1. The molecule has 0 aliphatic rings. The predicted molar refractivity (Wildman–Crippen MR) is 52.0 cm³/mol. The van der Waals surface area contributed by atoms with Gasteiger partial charge in [-0.15, -0.1) is 0 Å². The molecule has 0 amide bonds. The second-order valence-corrected chi connectivity index (χ2v) is 2.84. The van der Waals surface area contributed by atoms with Gasteiger partial charge in [0.15, 0.2) is 6.10 Å². The summed E-state index contributed by atoms with van der Waals surface area (Å²) in [5, 5.41) is 21.2. The van der Waals surface area contributed by atoms with E-state index in [0.717, 1.165) is 0 Å². The van der Waals surface area contributed by atoms with Gasteiger partial charge in [-0.1, -0.05) is 35.4 Å². The third-order valence-electron chi connectivity index (χ3n) is 1.87. The molecule has 0 spiro atoms. The van der Waals surface area contributed by atoms with Crippen molar-refractivity contribution in [2.75, 3.05) is 0 Å². The van der Waals surface area contributed by atoms with Gasteiger partial charge in [0.25, 0.3) is 0 Å². The van der Waals surface area contributed by atoms with Crippen molar-refractivity contribution in [2.45, 2.75) is 12.1 Å². The zero-order chi connectivity index (χ0) is 11.3. The molecular formula is C9H9N3O3. The highest BCUT2D eigenvalue weighted by atomic mass is 16.4. The fourth-order valence-electron chi connectivity index (χ4n) is 1.15. The van der Waals surface area contributed by atoms with Crippen molar-refractivity contribution in [3.8, 4) is 0 Å². The molecule has 0 bridgehead atoms. The summed E-state index contributed by atoms with van der Waals surface area (Å²) in [6.45, 7) is 0. The van der Waals surface area contributed by atoms with Crippen LogP contribution in [0.15, 0.2) is 35.4 Å². The van der Waals surface area contributed by atoms with Gasteiger partial charge < -0.3 is 10.2 Å².